The first-order valence-corrected chi connectivity index (χ1v) is 5.50. The van der Waals surface area contributed by atoms with Crippen LogP contribution in [-0.4, -0.2) is 18.2 Å². The maximum atomic E-state index is 5.45. The molecule has 15 heavy (non-hydrogen) atoms. The molecule has 1 fully saturated rings. The second kappa shape index (κ2) is 3.38. The average Bonchev–Trinajstić information content (AvgIpc) is 2.83. The second-order valence-electron chi connectivity index (χ2n) is 4.35. The van der Waals surface area contributed by atoms with Crippen LogP contribution >= 0.6 is 0 Å². The standard InChI is InChI=1S/C13H15NO/c1-9-2-3-13-11(6-9)12(7-14-13)10-4-5-15-8-10/h2-3,6-7,10,14H,4-5,8H2,1H3. The van der Waals surface area contributed by atoms with Gasteiger partial charge in [0.25, 0.3) is 0 Å². The van der Waals surface area contributed by atoms with Crippen molar-refractivity contribution in [2.24, 2.45) is 0 Å². The number of benzene rings is 1. The first-order chi connectivity index (χ1) is 7.34. The van der Waals surface area contributed by atoms with E-state index in [0.717, 1.165) is 19.6 Å². The lowest BCUT2D eigenvalue weighted by Crippen LogP contribution is -1.95. The van der Waals surface area contributed by atoms with Crippen LogP contribution in [0.1, 0.15) is 23.5 Å². The molecule has 1 aromatic carbocycles. The molecule has 3 rings (SSSR count). The molecule has 1 unspecified atom stereocenters. The van der Waals surface area contributed by atoms with Crippen LogP contribution in [0.25, 0.3) is 10.9 Å². The fourth-order valence-corrected chi connectivity index (χ4v) is 2.37. The number of nitrogens with one attached hydrogen (secondary N) is 1. The Labute approximate surface area is 89.3 Å². The summed E-state index contributed by atoms with van der Waals surface area (Å²) in [6.45, 7) is 3.92. The number of rotatable bonds is 1. The predicted octanol–water partition coefficient (Wildman–Crippen LogP) is 2.98. The topological polar surface area (TPSA) is 25.0 Å². The molecule has 1 atom stereocenters. The van der Waals surface area contributed by atoms with E-state index in [1.54, 1.807) is 0 Å². The minimum absolute atomic E-state index is 0.584. The van der Waals surface area contributed by atoms with Crippen LogP contribution < -0.4 is 0 Å². The molecule has 1 aromatic heterocycles. The quantitative estimate of drug-likeness (QED) is 0.753. The Morgan fingerprint density at radius 2 is 2.33 bits per heavy atom. The van der Waals surface area contributed by atoms with E-state index in [1.807, 2.05) is 0 Å². The molecule has 1 aliphatic heterocycles. The molecule has 2 nitrogen and oxygen atoms in total. The molecular weight excluding hydrogens is 186 g/mol. The zero-order chi connectivity index (χ0) is 10.3. The first kappa shape index (κ1) is 8.98. The van der Waals surface area contributed by atoms with Gasteiger partial charge >= 0.3 is 0 Å². The summed E-state index contributed by atoms with van der Waals surface area (Å²) in [5, 5.41) is 1.37. The lowest BCUT2D eigenvalue weighted by atomic mass is 9.97. The summed E-state index contributed by atoms with van der Waals surface area (Å²) in [5.41, 5.74) is 3.98. The maximum absolute atomic E-state index is 5.45. The number of ether oxygens (including phenoxy) is 1. The summed E-state index contributed by atoms with van der Waals surface area (Å²) in [7, 11) is 0. The minimum atomic E-state index is 0.584. The number of aromatic amines is 1. The molecule has 2 heterocycles. The van der Waals surface area contributed by atoms with Gasteiger partial charge in [-0.05, 0) is 31.0 Å². The highest BCUT2D eigenvalue weighted by Gasteiger charge is 2.20. The molecule has 1 aliphatic rings. The summed E-state index contributed by atoms with van der Waals surface area (Å²) in [6.07, 6.45) is 3.30. The van der Waals surface area contributed by atoms with E-state index < -0.39 is 0 Å². The third-order valence-electron chi connectivity index (χ3n) is 3.24. The van der Waals surface area contributed by atoms with Crippen LogP contribution in [0.3, 0.4) is 0 Å². The highest BCUT2D eigenvalue weighted by molar-refractivity contribution is 5.84. The van der Waals surface area contributed by atoms with E-state index in [9.17, 15) is 0 Å². The van der Waals surface area contributed by atoms with Gasteiger partial charge in [0.2, 0.25) is 0 Å². The number of aryl methyl sites for hydroxylation is 1. The Kier molecular flexibility index (Phi) is 2.03. The highest BCUT2D eigenvalue weighted by atomic mass is 16.5. The van der Waals surface area contributed by atoms with E-state index in [0.29, 0.717) is 5.92 Å². The molecular formula is C13H15NO. The van der Waals surface area contributed by atoms with E-state index in [1.165, 1.54) is 22.0 Å². The van der Waals surface area contributed by atoms with Crippen molar-refractivity contribution in [2.75, 3.05) is 13.2 Å². The van der Waals surface area contributed by atoms with Crippen LogP contribution in [0.4, 0.5) is 0 Å². The lowest BCUT2D eigenvalue weighted by molar-refractivity contribution is 0.194. The molecule has 1 saturated heterocycles. The van der Waals surface area contributed by atoms with Crippen molar-refractivity contribution in [3.05, 3.63) is 35.5 Å². The van der Waals surface area contributed by atoms with Gasteiger partial charge in [-0.25, -0.2) is 0 Å². The summed E-state index contributed by atoms with van der Waals surface area (Å²) in [6, 6.07) is 6.57. The van der Waals surface area contributed by atoms with Crippen molar-refractivity contribution >= 4 is 10.9 Å². The fourth-order valence-electron chi connectivity index (χ4n) is 2.37. The van der Waals surface area contributed by atoms with E-state index in [4.69, 9.17) is 4.74 Å². The molecule has 0 bridgehead atoms. The molecule has 0 saturated carbocycles. The number of fused-ring (bicyclic) bond motifs is 1. The van der Waals surface area contributed by atoms with Gasteiger partial charge < -0.3 is 9.72 Å². The minimum Gasteiger partial charge on any atom is -0.381 e. The fraction of sp³-hybridized carbons (Fsp3) is 0.385. The van der Waals surface area contributed by atoms with Crippen LogP contribution in [0.15, 0.2) is 24.4 Å². The molecule has 0 radical (unpaired) electrons. The van der Waals surface area contributed by atoms with Gasteiger partial charge in [-0.1, -0.05) is 11.6 Å². The van der Waals surface area contributed by atoms with Crippen molar-refractivity contribution < 1.29 is 4.74 Å². The zero-order valence-corrected chi connectivity index (χ0v) is 8.92. The molecule has 2 heteroatoms. The molecule has 0 amide bonds. The van der Waals surface area contributed by atoms with Gasteiger partial charge in [0.05, 0.1) is 6.61 Å². The smallest absolute Gasteiger partial charge is 0.0536 e. The van der Waals surface area contributed by atoms with Gasteiger partial charge in [0.15, 0.2) is 0 Å². The summed E-state index contributed by atoms with van der Waals surface area (Å²) in [5.74, 6) is 0.584. The average molecular weight is 201 g/mol. The third-order valence-corrected chi connectivity index (χ3v) is 3.24. The first-order valence-electron chi connectivity index (χ1n) is 5.50. The summed E-state index contributed by atoms with van der Waals surface area (Å²) < 4.78 is 5.45. The summed E-state index contributed by atoms with van der Waals surface area (Å²) in [4.78, 5) is 3.34. The van der Waals surface area contributed by atoms with Gasteiger partial charge in [-0.15, -0.1) is 0 Å². The SMILES string of the molecule is Cc1ccc2[nH]cc(C3CCOC3)c2c1. The monoisotopic (exact) mass is 201 g/mol. The van der Waals surface area contributed by atoms with E-state index >= 15 is 0 Å². The van der Waals surface area contributed by atoms with Gasteiger partial charge in [0, 0.05) is 29.6 Å². The Morgan fingerprint density at radius 3 is 3.13 bits per heavy atom. The van der Waals surface area contributed by atoms with E-state index in [2.05, 4.69) is 36.3 Å². The second-order valence-corrected chi connectivity index (χ2v) is 4.35. The summed E-state index contributed by atoms with van der Waals surface area (Å²) >= 11 is 0. The Bertz CT molecular complexity index is 480. The molecule has 0 spiro atoms. The third kappa shape index (κ3) is 1.45. The Hall–Kier alpha value is -1.28. The number of aromatic nitrogens is 1. The van der Waals surface area contributed by atoms with Crippen molar-refractivity contribution in [3.63, 3.8) is 0 Å². The Balaban J connectivity index is 2.13. The van der Waals surface area contributed by atoms with Crippen molar-refractivity contribution in [2.45, 2.75) is 19.3 Å². The van der Waals surface area contributed by atoms with Gasteiger partial charge in [-0.3, -0.25) is 0 Å². The molecule has 2 aromatic rings. The molecule has 1 N–H and O–H groups in total. The zero-order valence-electron chi connectivity index (χ0n) is 8.92. The number of H-pyrrole nitrogens is 1. The van der Waals surface area contributed by atoms with Gasteiger partial charge in [0.1, 0.15) is 0 Å². The maximum Gasteiger partial charge on any atom is 0.0536 e. The molecule has 0 aliphatic carbocycles. The Morgan fingerprint density at radius 1 is 1.40 bits per heavy atom. The van der Waals surface area contributed by atoms with Crippen molar-refractivity contribution in [1.29, 1.82) is 0 Å². The van der Waals surface area contributed by atoms with Crippen molar-refractivity contribution in [1.82, 2.24) is 4.98 Å². The largest absolute Gasteiger partial charge is 0.381 e. The van der Waals surface area contributed by atoms with E-state index in [-0.39, 0.29) is 0 Å². The number of hydrogen-bond donors (Lipinski definition) is 1. The number of hydrogen-bond acceptors (Lipinski definition) is 1. The normalized spacial score (nSPS) is 21.3. The lowest BCUT2D eigenvalue weighted by Gasteiger charge is -2.05. The predicted molar refractivity (Wildman–Crippen MR) is 61.2 cm³/mol. The van der Waals surface area contributed by atoms with Crippen LogP contribution in [0, 0.1) is 6.92 Å². The van der Waals surface area contributed by atoms with Crippen LogP contribution in [0.5, 0.6) is 0 Å². The highest BCUT2D eigenvalue weighted by Crippen LogP contribution is 2.31. The van der Waals surface area contributed by atoms with Crippen LogP contribution in [-0.2, 0) is 4.74 Å². The van der Waals surface area contributed by atoms with Gasteiger partial charge in [-0.2, -0.15) is 0 Å². The molecule has 78 valence electrons. The van der Waals surface area contributed by atoms with Crippen molar-refractivity contribution in [3.8, 4) is 0 Å². The van der Waals surface area contributed by atoms with Crippen LogP contribution in [0.2, 0.25) is 0 Å².